The molecule has 1 fully saturated rings. The zero-order valence-corrected chi connectivity index (χ0v) is 16.4. The van der Waals surface area contributed by atoms with E-state index < -0.39 is 34.7 Å². The molecule has 8 heteroatoms. The van der Waals surface area contributed by atoms with E-state index in [0.29, 0.717) is 11.3 Å². The van der Waals surface area contributed by atoms with Crippen LogP contribution in [0.5, 0.6) is 0 Å². The number of methoxy groups -OCH3 is 1. The topological polar surface area (TPSA) is 87.1 Å². The number of nitrogens with zero attached hydrogens (tertiary/aromatic N) is 2. The Bertz CT molecular complexity index is 1090. The average Bonchev–Trinajstić information content (AvgIpc) is 3.11. The Morgan fingerprint density at radius 3 is 2.43 bits per heavy atom. The molecule has 1 N–H and O–H groups in total. The van der Waals surface area contributed by atoms with Crippen LogP contribution in [0.25, 0.3) is 5.76 Å². The van der Waals surface area contributed by atoms with Crippen molar-refractivity contribution in [3.63, 3.8) is 0 Å². The molecule has 0 saturated carbocycles. The van der Waals surface area contributed by atoms with Crippen LogP contribution in [-0.4, -0.2) is 54.9 Å². The second-order valence-electron chi connectivity index (χ2n) is 7.10. The summed E-state index contributed by atoms with van der Waals surface area (Å²) in [5.41, 5.74) is -1.10. The number of hydrogen-bond donors (Lipinski definition) is 1. The number of fused-ring (bicyclic) bond motifs is 2. The van der Waals surface area contributed by atoms with Crippen LogP contribution in [0.3, 0.4) is 0 Å². The highest BCUT2D eigenvalue weighted by atomic mass is 19.1. The highest BCUT2D eigenvalue weighted by molar-refractivity contribution is 6.50. The Kier molecular flexibility index (Phi) is 4.66. The number of amides is 2. The van der Waals surface area contributed by atoms with E-state index in [0.717, 1.165) is 17.0 Å². The summed E-state index contributed by atoms with van der Waals surface area (Å²) in [4.78, 5) is 42.2. The van der Waals surface area contributed by atoms with Gasteiger partial charge in [0.25, 0.3) is 17.6 Å². The van der Waals surface area contributed by atoms with Gasteiger partial charge in [-0.05, 0) is 30.3 Å². The van der Waals surface area contributed by atoms with Gasteiger partial charge in [-0.15, -0.1) is 0 Å². The molecule has 2 amide bonds. The predicted octanol–water partition coefficient (Wildman–Crippen LogP) is 2.02. The molecule has 0 radical (unpaired) electrons. The van der Waals surface area contributed by atoms with Gasteiger partial charge in [0, 0.05) is 37.5 Å². The van der Waals surface area contributed by atoms with Gasteiger partial charge in [-0.25, -0.2) is 4.39 Å². The fourth-order valence-corrected chi connectivity index (χ4v) is 4.21. The summed E-state index contributed by atoms with van der Waals surface area (Å²) in [6, 6.07) is 11.6. The van der Waals surface area contributed by atoms with Gasteiger partial charge in [-0.2, -0.15) is 0 Å². The number of carbonyl (C=O) groups excluding carboxylic acids is 3. The Morgan fingerprint density at radius 2 is 1.77 bits per heavy atom. The minimum atomic E-state index is -1.82. The summed E-state index contributed by atoms with van der Waals surface area (Å²) in [5.74, 6) is -3.49. The fraction of sp³-hybridized carbons (Fsp3) is 0.227. The third-order valence-corrected chi connectivity index (χ3v) is 5.58. The number of likely N-dealkylation sites (tertiary alicyclic amines) is 1. The third kappa shape index (κ3) is 2.50. The molecule has 2 aromatic carbocycles. The van der Waals surface area contributed by atoms with E-state index in [1.807, 2.05) is 0 Å². The van der Waals surface area contributed by atoms with E-state index in [1.165, 1.54) is 24.1 Å². The number of ketones is 1. The summed E-state index contributed by atoms with van der Waals surface area (Å²) < 4.78 is 18.5. The fourth-order valence-electron chi connectivity index (χ4n) is 4.21. The smallest absolute Gasteiger partial charge is 0.296 e. The summed E-state index contributed by atoms with van der Waals surface area (Å²) >= 11 is 0. The van der Waals surface area contributed by atoms with Crippen molar-refractivity contribution in [1.82, 2.24) is 4.90 Å². The first kappa shape index (κ1) is 19.8. The third-order valence-electron chi connectivity index (χ3n) is 5.58. The molecule has 0 bridgehead atoms. The number of anilines is 1. The predicted molar refractivity (Wildman–Crippen MR) is 106 cm³/mol. The molecular weight excluding hydrogens is 391 g/mol. The molecule has 154 valence electrons. The van der Waals surface area contributed by atoms with E-state index in [1.54, 1.807) is 31.3 Å². The van der Waals surface area contributed by atoms with Gasteiger partial charge in [-0.1, -0.05) is 18.2 Å². The van der Waals surface area contributed by atoms with Crippen LogP contribution in [0.2, 0.25) is 0 Å². The number of halogens is 1. The number of aliphatic hydroxyl groups is 1. The van der Waals surface area contributed by atoms with Crippen LogP contribution >= 0.6 is 0 Å². The van der Waals surface area contributed by atoms with Crippen molar-refractivity contribution in [3.05, 3.63) is 71.0 Å². The maximum atomic E-state index is 13.6. The molecule has 0 unspecified atom stereocenters. The molecule has 2 aliphatic rings. The Balaban J connectivity index is 2.05. The van der Waals surface area contributed by atoms with Gasteiger partial charge in [-0.3, -0.25) is 14.4 Å². The van der Waals surface area contributed by atoms with Crippen molar-refractivity contribution >= 4 is 29.0 Å². The van der Waals surface area contributed by atoms with Gasteiger partial charge in [0.1, 0.15) is 11.6 Å². The van der Waals surface area contributed by atoms with Crippen molar-refractivity contribution < 1.29 is 28.6 Å². The zero-order valence-electron chi connectivity index (χ0n) is 16.4. The van der Waals surface area contributed by atoms with Gasteiger partial charge in [0.15, 0.2) is 5.54 Å². The monoisotopic (exact) mass is 410 g/mol. The lowest BCUT2D eigenvalue weighted by molar-refractivity contribution is -0.144. The lowest BCUT2D eigenvalue weighted by Gasteiger charge is -2.34. The maximum absolute atomic E-state index is 13.6. The number of carbonyl (C=O) groups is 3. The van der Waals surface area contributed by atoms with Crippen molar-refractivity contribution in [2.75, 3.05) is 32.2 Å². The van der Waals surface area contributed by atoms with Crippen LogP contribution in [-0.2, 0) is 24.7 Å². The van der Waals surface area contributed by atoms with Crippen molar-refractivity contribution in [2.45, 2.75) is 5.54 Å². The van der Waals surface area contributed by atoms with E-state index in [2.05, 4.69) is 0 Å². The van der Waals surface area contributed by atoms with E-state index in [-0.39, 0.29) is 24.3 Å². The average molecular weight is 410 g/mol. The molecule has 2 heterocycles. The van der Waals surface area contributed by atoms with Crippen LogP contribution in [0, 0.1) is 5.82 Å². The maximum Gasteiger partial charge on any atom is 0.296 e. The molecule has 30 heavy (non-hydrogen) atoms. The van der Waals surface area contributed by atoms with Crippen molar-refractivity contribution in [1.29, 1.82) is 0 Å². The molecular formula is C22H19FN2O5. The first-order valence-corrected chi connectivity index (χ1v) is 9.28. The van der Waals surface area contributed by atoms with Gasteiger partial charge >= 0.3 is 0 Å². The molecule has 0 aliphatic carbocycles. The zero-order chi connectivity index (χ0) is 21.6. The van der Waals surface area contributed by atoms with E-state index in [4.69, 9.17) is 4.74 Å². The molecule has 2 aliphatic heterocycles. The van der Waals surface area contributed by atoms with Gasteiger partial charge in [0.2, 0.25) is 0 Å². The Labute approximate surface area is 172 Å². The van der Waals surface area contributed by atoms with Crippen LogP contribution in [0.1, 0.15) is 11.1 Å². The summed E-state index contributed by atoms with van der Waals surface area (Å²) in [6.45, 7) is 0.0553. The van der Waals surface area contributed by atoms with Crippen molar-refractivity contribution in [3.8, 4) is 0 Å². The Hall–Kier alpha value is -3.52. The standard InChI is InChI=1S/C22H19FN2O5/c1-24-16-6-4-3-5-15(16)22(21(24)29)17(18(26)13-7-9-14(23)10-8-13)19(27)20(28)25(22)11-12-30-2/h3-10,26H,11-12H2,1-2H3/t22-/m1/s1. The minimum absolute atomic E-state index is 0.0326. The van der Waals surface area contributed by atoms with Crippen LogP contribution in [0.4, 0.5) is 10.1 Å². The number of benzene rings is 2. The van der Waals surface area contributed by atoms with Gasteiger partial charge in [0.05, 0.1) is 12.2 Å². The lowest BCUT2D eigenvalue weighted by atomic mass is 9.82. The first-order valence-electron chi connectivity index (χ1n) is 9.28. The molecule has 0 aromatic heterocycles. The normalized spacial score (nSPS) is 22.3. The number of ether oxygens (including phenoxy) is 1. The number of likely N-dealkylation sites (N-methyl/N-ethyl adjacent to an activating group) is 1. The molecule has 1 saturated heterocycles. The largest absolute Gasteiger partial charge is 0.507 e. The molecule has 2 aromatic rings. The SMILES string of the molecule is COCCN1C(=O)C(=O)C(=C(O)c2ccc(F)cc2)[C@]12C(=O)N(C)c1ccccc12. The van der Waals surface area contributed by atoms with Crippen molar-refractivity contribution in [2.24, 2.45) is 0 Å². The summed E-state index contributed by atoms with van der Waals surface area (Å²) in [7, 11) is 2.99. The summed E-state index contributed by atoms with van der Waals surface area (Å²) in [5, 5.41) is 11.1. The first-order chi connectivity index (χ1) is 14.4. The van der Waals surface area contributed by atoms with Crippen LogP contribution < -0.4 is 4.90 Å². The molecule has 7 nitrogen and oxygen atoms in total. The highest BCUT2D eigenvalue weighted by Gasteiger charge is 2.66. The number of rotatable bonds is 4. The van der Waals surface area contributed by atoms with E-state index >= 15 is 0 Å². The number of para-hydroxylation sites is 1. The quantitative estimate of drug-likeness (QED) is 0.474. The number of Topliss-reactive ketones (excluding diaryl/α,β-unsaturated/α-hetero) is 1. The molecule has 4 rings (SSSR count). The lowest BCUT2D eigenvalue weighted by Crippen LogP contribution is -2.52. The van der Waals surface area contributed by atoms with Gasteiger partial charge < -0.3 is 19.6 Å². The minimum Gasteiger partial charge on any atom is -0.507 e. The van der Waals surface area contributed by atoms with Crippen LogP contribution in [0.15, 0.2) is 54.1 Å². The van der Waals surface area contributed by atoms with E-state index in [9.17, 15) is 23.9 Å². The number of hydrogen-bond acceptors (Lipinski definition) is 5. The Morgan fingerprint density at radius 1 is 1.10 bits per heavy atom. The molecule has 1 spiro atoms. The second kappa shape index (κ2) is 7.07. The summed E-state index contributed by atoms with van der Waals surface area (Å²) in [6.07, 6.45) is 0. The number of aliphatic hydroxyl groups excluding tert-OH is 1. The second-order valence-corrected chi connectivity index (χ2v) is 7.10. The highest BCUT2D eigenvalue weighted by Crippen LogP contribution is 2.53. The molecule has 1 atom stereocenters.